The molecule has 0 atom stereocenters. The number of hydrogen-bond donors (Lipinski definition) is 1. The predicted octanol–water partition coefficient (Wildman–Crippen LogP) is 5.10. The van der Waals surface area contributed by atoms with E-state index in [0.29, 0.717) is 28.9 Å². The van der Waals surface area contributed by atoms with Crippen LogP contribution in [0.1, 0.15) is 16.7 Å². The van der Waals surface area contributed by atoms with Crippen LogP contribution in [0.3, 0.4) is 0 Å². The lowest BCUT2D eigenvalue weighted by molar-refractivity contribution is 0.305. The molecule has 0 amide bonds. The molecule has 2 aromatic carbocycles. The van der Waals surface area contributed by atoms with Crippen molar-refractivity contribution in [3.63, 3.8) is 0 Å². The number of hydrogen-bond acceptors (Lipinski definition) is 2. The Morgan fingerprint density at radius 1 is 1.15 bits per heavy atom. The van der Waals surface area contributed by atoms with Crippen molar-refractivity contribution in [2.45, 2.75) is 20.1 Å². The second-order valence-electron chi connectivity index (χ2n) is 4.45. The Bertz CT molecular complexity index is 632. The van der Waals surface area contributed by atoms with Gasteiger partial charge in [0.15, 0.2) is 0 Å². The molecule has 0 heterocycles. The maximum absolute atomic E-state index is 6.13. The molecule has 2 N–H and O–H groups in total. The Morgan fingerprint density at radius 2 is 1.90 bits per heavy atom. The molecule has 2 aromatic rings. The monoisotopic (exact) mass is 373 g/mol. The van der Waals surface area contributed by atoms with Crippen LogP contribution in [0.4, 0.5) is 0 Å². The summed E-state index contributed by atoms with van der Waals surface area (Å²) in [6.45, 7) is 3.01. The van der Waals surface area contributed by atoms with Gasteiger partial charge in [0.2, 0.25) is 0 Å². The molecule has 0 saturated heterocycles. The summed E-state index contributed by atoms with van der Waals surface area (Å²) in [6, 6.07) is 9.52. The van der Waals surface area contributed by atoms with Gasteiger partial charge in [-0.05, 0) is 45.6 Å². The molecule has 0 aliphatic carbocycles. The van der Waals surface area contributed by atoms with Gasteiger partial charge in [0.1, 0.15) is 12.4 Å². The van der Waals surface area contributed by atoms with Crippen LogP contribution in [0.15, 0.2) is 34.8 Å². The van der Waals surface area contributed by atoms with Gasteiger partial charge in [0.25, 0.3) is 0 Å². The van der Waals surface area contributed by atoms with Gasteiger partial charge in [-0.15, -0.1) is 0 Å². The van der Waals surface area contributed by atoms with Gasteiger partial charge in [0.05, 0.1) is 10.0 Å². The normalized spacial score (nSPS) is 10.7. The zero-order valence-corrected chi connectivity index (χ0v) is 14.0. The van der Waals surface area contributed by atoms with Crippen LogP contribution < -0.4 is 10.5 Å². The lowest BCUT2D eigenvalue weighted by atomic mass is 10.1. The van der Waals surface area contributed by atoms with Crippen LogP contribution in [0.25, 0.3) is 0 Å². The molecular weight excluding hydrogens is 361 g/mol. The van der Waals surface area contributed by atoms with Gasteiger partial charge in [-0.1, -0.05) is 41.4 Å². The molecule has 2 nitrogen and oxygen atoms in total. The molecule has 0 aromatic heterocycles. The van der Waals surface area contributed by atoms with Crippen molar-refractivity contribution in [3.8, 4) is 5.75 Å². The van der Waals surface area contributed by atoms with Crippen molar-refractivity contribution in [1.82, 2.24) is 0 Å². The first-order valence-corrected chi connectivity index (χ1v) is 7.62. The number of nitrogens with two attached hydrogens (primary N) is 1. The summed E-state index contributed by atoms with van der Waals surface area (Å²) in [7, 11) is 0. The minimum Gasteiger partial charge on any atom is -0.487 e. The molecule has 0 fully saturated rings. The largest absolute Gasteiger partial charge is 0.487 e. The van der Waals surface area contributed by atoms with E-state index >= 15 is 0 Å². The van der Waals surface area contributed by atoms with Crippen LogP contribution in [0, 0.1) is 6.92 Å². The highest BCUT2D eigenvalue weighted by molar-refractivity contribution is 9.10. The van der Waals surface area contributed by atoms with Gasteiger partial charge in [-0.3, -0.25) is 0 Å². The third kappa shape index (κ3) is 3.67. The summed E-state index contributed by atoms with van der Waals surface area (Å²) in [5, 5.41) is 1.09. The first kappa shape index (κ1) is 15.6. The van der Waals surface area contributed by atoms with E-state index in [1.165, 1.54) is 0 Å². The summed E-state index contributed by atoms with van der Waals surface area (Å²) in [5.74, 6) is 0.571. The SMILES string of the molecule is Cc1cc(CN)ccc1COc1cc(Cl)c(Br)cc1Cl. The van der Waals surface area contributed by atoms with Gasteiger partial charge in [-0.2, -0.15) is 0 Å². The number of aryl methyl sites for hydroxylation is 1. The standard InChI is InChI=1S/C15H14BrCl2NO/c1-9-4-10(7-19)2-3-11(9)8-20-15-6-13(17)12(16)5-14(15)18/h2-6H,7-8,19H2,1H3. The molecular formula is C15H14BrCl2NO. The molecule has 0 saturated carbocycles. The fourth-order valence-electron chi connectivity index (χ4n) is 1.82. The zero-order chi connectivity index (χ0) is 14.7. The first-order chi connectivity index (χ1) is 9.51. The summed E-state index contributed by atoms with van der Waals surface area (Å²) < 4.78 is 6.49. The Balaban J connectivity index is 2.15. The van der Waals surface area contributed by atoms with E-state index in [1.807, 2.05) is 19.1 Å². The minimum absolute atomic E-state index is 0.439. The molecule has 0 radical (unpaired) electrons. The molecule has 0 bridgehead atoms. The highest BCUT2D eigenvalue weighted by atomic mass is 79.9. The Labute approximate surface area is 137 Å². The quantitative estimate of drug-likeness (QED) is 0.755. The van der Waals surface area contributed by atoms with E-state index in [9.17, 15) is 0 Å². The number of halogens is 3. The average molecular weight is 375 g/mol. The van der Waals surface area contributed by atoms with Crippen LogP contribution in [-0.4, -0.2) is 0 Å². The maximum Gasteiger partial charge on any atom is 0.139 e. The van der Waals surface area contributed by atoms with Crippen molar-refractivity contribution in [3.05, 3.63) is 61.5 Å². The molecule has 0 spiro atoms. The topological polar surface area (TPSA) is 35.2 Å². The Hall–Kier alpha value is -0.740. The molecule has 20 heavy (non-hydrogen) atoms. The van der Waals surface area contributed by atoms with Crippen molar-refractivity contribution < 1.29 is 4.74 Å². The van der Waals surface area contributed by atoms with E-state index < -0.39 is 0 Å². The maximum atomic E-state index is 6.13. The summed E-state index contributed by atoms with van der Waals surface area (Å²) >= 11 is 15.5. The second-order valence-corrected chi connectivity index (χ2v) is 6.12. The molecule has 106 valence electrons. The van der Waals surface area contributed by atoms with Gasteiger partial charge >= 0.3 is 0 Å². The second kappa shape index (κ2) is 6.81. The number of ether oxygens (including phenoxy) is 1. The lowest BCUT2D eigenvalue weighted by Crippen LogP contribution is -2.01. The Kier molecular flexibility index (Phi) is 5.33. The van der Waals surface area contributed by atoms with E-state index in [-0.39, 0.29) is 0 Å². The van der Waals surface area contributed by atoms with E-state index in [4.69, 9.17) is 33.7 Å². The lowest BCUT2D eigenvalue weighted by Gasteiger charge is -2.12. The predicted molar refractivity (Wildman–Crippen MR) is 87.6 cm³/mol. The molecule has 0 unspecified atom stereocenters. The zero-order valence-electron chi connectivity index (χ0n) is 10.9. The van der Waals surface area contributed by atoms with Gasteiger partial charge in [0, 0.05) is 17.1 Å². The third-order valence-corrected chi connectivity index (χ3v) is 4.49. The van der Waals surface area contributed by atoms with Crippen LogP contribution in [0.5, 0.6) is 5.75 Å². The van der Waals surface area contributed by atoms with E-state index in [1.54, 1.807) is 12.1 Å². The van der Waals surface area contributed by atoms with Crippen molar-refractivity contribution in [1.29, 1.82) is 0 Å². The third-order valence-electron chi connectivity index (χ3n) is 3.00. The van der Waals surface area contributed by atoms with Gasteiger partial charge < -0.3 is 10.5 Å². The van der Waals surface area contributed by atoms with Crippen molar-refractivity contribution >= 4 is 39.1 Å². The Morgan fingerprint density at radius 3 is 2.55 bits per heavy atom. The number of rotatable bonds is 4. The number of benzene rings is 2. The molecule has 5 heteroatoms. The van der Waals surface area contributed by atoms with E-state index in [2.05, 4.69) is 22.0 Å². The van der Waals surface area contributed by atoms with Crippen LogP contribution >= 0.6 is 39.1 Å². The molecule has 0 aliphatic heterocycles. The highest BCUT2D eigenvalue weighted by Crippen LogP contribution is 2.34. The van der Waals surface area contributed by atoms with Crippen LogP contribution in [0.2, 0.25) is 10.0 Å². The smallest absolute Gasteiger partial charge is 0.139 e. The fourth-order valence-corrected chi connectivity index (χ4v) is 2.66. The minimum atomic E-state index is 0.439. The molecule has 0 aliphatic rings. The summed E-state index contributed by atoms with van der Waals surface area (Å²) in [5.41, 5.74) is 8.96. The highest BCUT2D eigenvalue weighted by Gasteiger charge is 2.08. The summed E-state index contributed by atoms with van der Waals surface area (Å²) in [4.78, 5) is 0. The van der Waals surface area contributed by atoms with Gasteiger partial charge in [-0.25, -0.2) is 0 Å². The van der Waals surface area contributed by atoms with Crippen LogP contribution in [-0.2, 0) is 13.2 Å². The summed E-state index contributed by atoms with van der Waals surface area (Å²) in [6.07, 6.45) is 0. The fraction of sp³-hybridized carbons (Fsp3) is 0.200. The average Bonchev–Trinajstić information content (AvgIpc) is 2.42. The molecule has 2 rings (SSSR count). The first-order valence-electron chi connectivity index (χ1n) is 6.07. The van der Waals surface area contributed by atoms with Crippen molar-refractivity contribution in [2.75, 3.05) is 0 Å². The van der Waals surface area contributed by atoms with E-state index in [0.717, 1.165) is 21.2 Å². The van der Waals surface area contributed by atoms with Crippen molar-refractivity contribution in [2.24, 2.45) is 5.73 Å².